The Morgan fingerprint density at radius 2 is 1.42 bits per heavy atom. The Kier molecular flexibility index (Phi) is 14.4. The number of nitro groups is 1. The Balaban J connectivity index is 0.000000463. The number of nitrogens with zero attached hydrogens (tertiary/aromatic N) is 1. The predicted octanol–water partition coefficient (Wildman–Crippen LogP) is 3.42. The van der Waals surface area contributed by atoms with Crippen LogP contribution in [0.1, 0.15) is 71.1 Å². The molecule has 0 aliphatic rings. The first-order valence-corrected chi connectivity index (χ1v) is 10.2. The van der Waals surface area contributed by atoms with Gasteiger partial charge in [0.1, 0.15) is 0 Å². The van der Waals surface area contributed by atoms with E-state index in [1.54, 1.807) is 12.1 Å². The summed E-state index contributed by atoms with van der Waals surface area (Å²) in [6.45, 7) is 2.22. The van der Waals surface area contributed by atoms with E-state index in [2.05, 4.69) is 6.92 Å². The Morgan fingerprint density at radius 1 is 0.958 bits per heavy atom. The quantitative estimate of drug-likeness (QED) is 0.252. The van der Waals surface area contributed by atoms with Crippen molar-refractivity contribution in [3.63, 3.8) is 0 Å². The van der Waals surface area contributed by atoms with E-state index in [1.807, 2.05) is 0 Å². The molecule has 130 valence electrons. The van der Waals surface area contributed by atoms with Crippen LogP contribution in [0.2, 0.25) is 0 Å². The van der Waals surface area contributed by atoms with Gasteiger partial charge in [-0.2, -0.15) is 0 Å². The topological polar surface area (TPSA) is 83.3 Å². The van der Waals surface area contributed by atoms with Crippen molar-refractivity contribution in [2.24, 2.45) is 0 Å². The van der Waals surface area contributed by atoms with Crippen LogP contribution in [0.4, 0.5) is 5.69 Å². The third-order valence-electron chi connectivity index (χ3n) is 3.63. The fraction of sp³-hybridized carbons (Fsp3) is 0.611. The first-order valence-electron chi connectivity index (χ1n) is 8.73. The second-order valence-electron chi connectivity index (χ2n) is 5.87. The van der Waals surface area contributed by atoms with Gasteiger partial charge in [-0.25, -0.2) is 0 Å². The van der Waals surface area contributed by atoms with Crippen LogP contribution in [0.3, 0.4) is 0 Å². The molecule has 0 heterocycles. The number of carboxylic acids is 1. The van der Waals surface area contributed by atoms with E-state index in [4.69, 9.17) is 0 Å². The van der Waals surface area contributed by atoms with Crippen molar-refractivity contribution < 1.29 is 33.1 Å². The Morgan fingerprint density at radius 3 is 1.83 bits per heavy atom. The summed E-state index contributed by atoms with van der Waals surface area (Å²) in [5.74, 6) is -0.909. The van der Waals surface area contributed by atoms with Crippen molar-refractivity contribution in [1.29, 1.82) is 0 Å². The van der Waals surface area contributed by atoms with Crippen molar-refractivity contribution in [3.05, 3.63) is 34.4 Å². The van der Waals surface area contributed by atoms with Crippen LogP contribution in [-0.2, 0) is 23.1 Å². The van der Waals surface area contributed by atoms with Crippen molar-refractivity contribution in [3.8, 4) is 0 Å². The summed E-state index contributed by atoms with van der Waals surface area (Å²) in [5.41, 5.74) is 0.164. The first-order chi connectivity index (χ1) is 11.5. The summed E-state index contributed by atoms with van der Waals surface area (Å²) < 4.78 is 1.16. The maximum atomic E-state index is 10.1. The SMILES string of the molecule is CCCCCCCCCCCC(=O)[O-].O=[N+]([O-])c1cc[c]([Zn+])cc1. The van der Waals surface area contributed by atoms with E-state index in [0.717, 1.165) is 35.3 Å². The number of rotatable bonds is 11. The molecule has 0 N–H and O–H groups in total. The second-order valence-corrected chi connectivity index (χ2v) is 7.59. The maximum absolute atomic E-state index is 10.1. The molecule has 0 spiro atoms. The molecule has 0 radical (unpaired) electrons. The molecule has 1 aromatic carbocycles. The second kappa shape index (κ2) is 15.3. The average molecular weight is 387 g/mol. The molecule has 0 aliphatic carbocycles. The summed E-state index contributed by atoms with van der Waals surface area (Å²) in [4.78, 5) is 19.8. The number of non-ortho nitro benzene ring substituents is 1. The number of aliphatic carboxylic acids is 1. The molecule has 0 aromatic heterocycles. The number of benzene rings is 1. The van der Waals surface area contributed by atoms with E-state index < -0.39 is 5.97 Å². The standard InChI is InChI=1S/C12H24O2.C6H4NO2.Zn/c1-2-3-4-5-6-7-8-9-10-11-12(13)14;8-7(9)6-4-2-1-3-5-6;/h2-11H2,1H3,(H,13,14);2-5H;/q;;+1/p-1. The van der Waals surface area contributed by atoms with Crippen LogP contribution in [0.15, 0.2) is 24.3 Å². The zero-order valence-corrected chi connectivity index (χ0v) is 17.6. The van der Waals surface area contributed by atoms with Crippen LogP contribution >= 0.6 is 0 Å². The summed E-state index contributed by atoms with van der Waals surface area (Å²) in [6, 6.07) is 6.61. The third-order valence-corrected chi connectivity index (χ3v) is 4.62. The summed E-state index contributed by atoms with van der Waals surface area (Å²) in [6.07, 6.45) is 11.2. The van der Waals surface area contributed by atoms with Crippen LogP contribution in [0, 0.1) is 10.1 Å². The van der Waals surface area contributed by atoms with Crippen molar-refractivity contribution in [1.82, 2.24) is 0 Å². The average Bonchev–Trinajstić information content (AvgIpc) is 2.54. The number of carbonyl (C=O) groups excluding carboxylic acids is 1. The van der Waals surface area contributed by atoms with Gasteiger partial charge in [-0.3, -0.25) is 0 Å². The molecular formula is C18H27NO4Zn. The normalized spacial score (nSPS) is 9.96. The number of nitro benzene ring substituents is 1. The number of hydrogen-bond acceptors (Lipinski definition) is 4. The monoisotopic (exact) mass is 385 g/mol. The van der Waals surface area contributed by atoms with E-state index in [0.29, 0.717) is 0 Å². The number of unbranched alkanes of at least 4 members (excludes halogenated alkanes) is 8. The zero-order chi connectivity index (χ0) is 18.2. The first kappa shape index (κ1) is 22.7. The van der Waals surface area contributed by atoms with Gasteiger partial charge in [0.05, 0.1) is 0 Å². The van der Waals surface area contributed by atoms with Crippen LogP contribution in [0.5, 0.6) is 0 Å². The third kappa shape index (κ3) is 14.3. The van der Waals surface area contributed by atoms with Gasteiger partial charge in [0.15, 0.2) is 0 Å². The van der Waals surface area contributed by atoms with Gasteiger partial charge in [0, 0.05) is 5.97 Å². The van der Waals surface area contributed by atoms with Gasteiger partial charge in [0.25, 0.3) is 0 Å². The molecule has 0 amide bonds. The van der Waals surface area contributed by atoms with Crippen LogP contribution in [-0.4, -0.2) is 10.9 Å². The number of hydrogen-bond donors (Lipinski definition) is 0. The van der Waals surface area contributed by atoms with Crippen molar-refractivity contribution in [2.45, 2.75) is 71.1 Å². The van der Waals surface area contributed by atoms with E-state index in [-0.39, 0.29) is 17.0 Å². The summed E-state index contributed by atoms with van der Waals surface area (Å²) in [7, 11) is 0. The molecule has 5 nitrogen and oxygen atoms in total. The Bertz CT molecular complexity index is 463. The Hall–Kier alpha value is -1.29. The molecule has 6 heteroatoms. The molecule has 0 saturated carbocycles. The van der Waals surface area contributed by atoms with Gasteiger partial charge < -0.3 is 9.90 Å². The molecule has 1 aromatic rings. The van der Waals surface area contributed by atoms with Gasteiger partial charge in [-0.1, -0.05) is 58.3 Å². The fourth-order valence-corrected chi connectivity index (χ4v) is 2.69. The van der Waals surface area contributed by atoms with Crippen LogP contribution in [0.25, 0.3) is 0 Å². The predicted molar refractivity (Wildman–Crippen MR) is 89.6 cm³/mol. The van der Waals surface area contributed by atoms with E-state index in [1.165, 1.54) is 57.1 Å². The van der Waals surface area contributed by atoms with Crippen molar-refractivity contribution >= 4 is 15.8 Å². The van der Waals surface area contributed by atoms with Gasteiger partial charge in [-0.05, 0) is 12.8 Å². The molecule has 0 bridgehead atoms. The van der Waals surface area contributed by atoms with Crippen LogP contribution < -0.4 is 9.26 Å². The summed E-state index contributed by atoms with van der Waals surface area (Å²) in [5, 5.41) is 20.2. The molecular weight excluding hydrogens is 360 g/mol. The number of carboxylic acid groups (broad SMARTS) is 1. The van der Waals surface area contributed by atoms with Gasteiger partial charge in [0.2, 0.25) is 0 Å². The molecule has 0 aliphatic heterocycles. The van der Waals surface area contributed by atoms with E-state index in [9.17, 15) is 20.0 Å². The van der Waals surface area contributed by atoms with E-state index >= 15 is 0 Å². The Labute approximate surface area is 154 Å². The summed E-state index contributed by atoms with van der Waals surface area (Å²) >= 11 is 1.04. The van der Waals surface area contributed by atoms with Gasteiger partial charge >= 0.3 is 67.5 Å². The minimum absolute atomic E-state index is 0.164. The van der Waals surface area contributed by atoms with Gasteiger partial charge in [-0.15, -0.1) is 0 Å². The molecule has 0 fully saturated rings. The fourth-order valence-electron chi connectivity index (χ4n) is 2.20. The molecule has 0 unspecified atom stereocenters. The molecule has 0 atom stereocenters. The van der Waals surface area contributed by atoms with Crippen molar-refractivity contribution in [2.75, 3.05) is 0 Å². The minimum atomic E-state index is -0.909. The molecule has 1 rings (SSSR count). The number of carbonyl (C=O) groups is 1. The zero-order valence-electron chi connectivity index (χ0n) is 14.7. The molecule has 0 saturated heterocycles. The molecule has 24 heavy (non-hydrogen) atoms.